The van der Waals surface area contributed by atoms with Gasteiger partial charge in [0, 0.05) is 0 Å². The van der Waals surface area contributed by atoms with Crippen LogP contribution in [0.15, 0.2) is 0 Å². The molecule has 0 spiro atoms. The van der Waals surface area contributed by atoms with Crippen LogP contribution < -0.4 is 0 Å². The van der Waals surface area contributed by atoms with Crippen LogP contribution in [0.25, 0.3) is 0 Å². The number of rotatable bonds is 5. The Balaban J connectivity index is 2.72. The van der Waals surface area contributed by atoms with Gasteiger partial charge in [0.2, 0.25) is 0 Å². The number of carboxylic acids is 1. The molecule has 1 amide bonds. The summed E-state index contributed by atoms with van der Waals surface area (Å²) in [6, 6.07) is -0.450. The quantitative estimate of drug-likeness (QED) is 0.787. The molecule has 1 N–H and O–H groups in total. The molecule has 0 aromatic heterocycles. The average Bonchev–Trinajstić information content (AvgIpc) is 2.71. The van der Waals surface area contributed by atoms with Gasteiger partial charge < -0.3 is 14.6 Å². The molecule has 1 rings (SSSR count). The van der Waals surface area contributed by atoms with Crippen LogP contribution in [0.4, 0.5) is 4.79 Å². The zero-order valence-electron chi connectivity index (χ0n) is 12.7. The van der Waals surface area contributed by atoms with Crippen molar-refractivity contribution in [3.63, 3.8) is 0 Å². The van der Waals surface area contributed by atoms with Gasteiger partial charge in [-0.15, -0.1) is 0 Å². The summed E-state index contributed by atoms with van der Waals surface area (Å²) in [5.74, 6) is -1.03. The lowest BCUT2D eigenvalue weighted by molar-refractivity contribution is -0.147. The lowest BCUT2D eigenvalue weighted by atomic mass is 10.0. The third-order valence-corrected chi connectivity index (χ3v) is 3.12. The first-order chi connectivity index (χ1) is 9.26. The molecule has 0 aromatic rings. The molecule has 1 heterocycles. The predicted octanol–water partition coefficient (Wildman–Crippen LogP) is 2.61. The molecule has 2 atom stereocenters. The fraction of sp³-hybridized carbons (Fsp3) is 0.857. The lowest BCUT2D eigenvalue weighted by Gasteiger charge is -2.28. The monoisotopic (exact) mass is 287 g/mol. The number of amides is 1. The molecule has 0 aliphatic carbocycles. The number of nitrogens with zero attached hydrogens (tertiary/aromatic N) is 1. The Kier molecular flexibility index (Phi) is 5.80. The van der Waals surface area contributed by atoms with Gasteiger partial charge in [0.1, 0.15) is 12.3 Å². The molecule has 6 heteroatoms. The second-order valence-corrected chi connectivity index (χ2v) is 6.07. The van der Waals surface area contributed by atoms with Crippen LogP contribution in [0.3, 0.4) is 0 Å². The van der Waals surface area contributed by atoms with Crippen LogP contribution in [0.5, 0.6) is 0 Å². The van der Waals surface area contributed by atoms with Crippen molar-refractivity contribution in [3.8, 4) is 0 Å². The van der Waals surface area contributed by atoms with E-state index in [1.165, 1.54) is 4.90 Å². The van der Waals surface area contributed by atoms with Crippen LogP contribution in [0.2, 0.25) is 0 Å². The van der Waals surface area contributed by atoms with Gasteiger partial charge in [0.05, 0.1) is 6.04 Å². The van der Waals surface area contributed by atoms with Crippen LogP contribution in [0.1, 0.15) is 53.4 Å². The van der Waals surface area contributed by atoms with Gasteiger partial charge in [0.25, 0.3) is 0 Å². The van der Waals surface area contributed by atoms with Crippen LogP contribution in [0, 0.1) is 0 Å². The van der Waals surface area contributed by atoms with E-state index in [9.17, 15) is 9.59 Å². The summed E-state index contributed by atoms with van der Waals surface area (Å²) in [6.07, 6.45) is 2.06. The summed E-state index contributed by atoms with van der Waals surface area (Å²) in [5.41, 5.74) is -0.605. The van der Waals surface area contributed by atoms with Gasteiger partial charge in [-0.3, -0.25) is 4.90 Å². The maximum atomic E-state index is 12.1. The van der Waals surface area contributed by atoms with Crippen molar-refractivity contribution in [2.45, 2.75) is 71.1 Å². The summed E-state index contributed by atoms with van der Waals surface area (Å²) in [4.78, 5) is 24.7. The zero-order valence-corrected chi connectivity index (χ0v) is 12.7. The Morgan fingerprint density at radius 3 is 2.50 bits per heavy atom. The van der Waals surface area contributed by atoms with E-state index in [1.54, 1.807) is 20.8 Å². The first-order valence-corrected chi connectivity index (χ1v) is 7.10. The number of carbonyl (C=O) groups is 2. The summed E-state index contributed by atoms with van der Waals surface area (Å²) < 4.78 is 10.5. The highest BCUT2D eigenvalue weighted by Gasteiger charge is 2.43. The van der Waals surface area contributed by atoms with Crippen molar-refractivity contribution in [2.24, 2.45) is 0 Å². The number of carboxylic acid groups (broad SMARTS) is 1. The Bertz CT molecular complexity index is 350. The zero-order chi connectivity index (χ0) is 15.3. The first-order valence-electron chi connectivity index (χ1n) is 7.10. The third kappa shape index (κ3) is 4.67. The summed E-state index contributed by atoms with van der Waals surface area (Å²) in [6.45, 7) is 7.39. The van der Waals surface area contributed by atoms with E-state index in [2.05, 4.69) is 6.92 Å². The molecule has 1 aliphatic heterocycles. The summed E-state index contributed by atoms with van der Waals surface area (Å²) in [5, 5.41) is 9.17. The molecule has 1 saturated heterocycles. The van der Waals surface area contributed by atoms with Crippen LogP contribution in [-0.4, -0.2) is 46.5 Å². The lowest BCUT2D eigenvalue weighted by Crippen LogP contribution is -2.44. The second-order valence-electron chi connectivity index (χ2n) is 6.07. The molecule has 0 aromatic carbocycles. The van der Waals surface area contributed by atoms with Gasteiger partial charge in [-0.05, 0) is 27.2 Å². The Labute approximate surface area is 120 Å². The van der Waals surface area contributed by atoms with E-state index in [4.69, 9.17) is 14.6 Å². The Hall–Kier alpha value is -1.30. The standard InChI is InChI=1S/C14H25NO5/c1-5-6-7-8-10-11(12(16)17)19-9-15(10)13(18)20-14(2,3)4/h10-11H,5-9H2,1-4H3,(H,16,17). The minimum Gasteiger partial charge on any atom is -0.479 e. The molecule has 1 aliphatic rings. The maximum absolute atomic E-state index is 12.1. The fourth-order valence-electron chi connectivity index (χ4n) is 2.19. The second kappa shape index (κ2) is 6.92. The van der Waals surface area contributed by atoms with Gasteiger partial charge in [0.15, 0.2) is 6.10 Å². The SMILES string of the molecule is CCCCCC1C(C(=O)O)OCN1C(=O)OC(C)(C)C. The molecular formula is C14H25NO5. The molecule has 0 bridgehead atoms. The van der Waals surface area contributed by atoms with E-state index in [1.807, 2.05) is 0 Å². The Morgan fingerprint density at radius 1 is 1.35 bits per heavy atom. The molecule has 116 valence electrons. The highest BCUT2D eigenvalue weighted by molar-refractivity contribution is 5.76. The number of ether oxygens (including phenoxy) is 2. The van der Waals surface area contributed by atoms with Crippen molar-refractivity contribution in [1.82, 2.24) is 4.90 Å². The highest BCUT2D eigenvalue weighted by Crippen LogP contribution is 2.25. The van der Waals surface area contributed by atoms with Crippen molar-refractivity contribution in [3.05, 3.63) is 0 Å². The minimum atomic E-state index is -1.03. The number of carbonyl (C=O) groups excluding carboxylic acids is 1. The minimum absolute atomic E-state index is 0.0251. The normalized spacial score (nSPS) is 22.9. The summed E-state index contributed by atoms with van der Waals surface area (Å²) in [7, 11) is 0. The van der Waals surface area contributed by atoms with E-state index in [0.717, 1.165) is 19.3 Å². The largest absolute Gasteiger partial charge is 0.479 e. The van der Waals surface area contributed by atoms with Crippen LogP contribution >= 0.6 is 0 Å². The van der Waals surface area contributed by atoms with Crippen molar-refractivity contribution in [1.29, 1.82) is 0 Å². The highest BCUT2D eigenvalue weighted by atomic mass is 16.6. The number of hydrogen-bond donors (Lipinski definition) is 1. The predicted molar refractivity (Wildman–Crippen MR) is 73.4 cm³/mol. The van der Waals surface area contributed by atoms with Gasteiger partial charge in [-0.25, -0.2) is 9.59 Å². The van der Waals surface area contributed by atoms with E-state index < -0.39 is 29.8 Å². The third-order valence-electron chi connectivity index (χ3n) is 3.12. The summed E-state index contributed by atoms with van der Waals surface area (Å²) >= 11 is 0. The molecule has 0 radical (unpaired) electrons. The fourth-order valence-corrected chi connectivity index (χ4v) is 2.19. The maximum Gasteiger partial charge on any atom is 0.412 e. The van der Waals surface area contributed by atoms with Gasteiger partial charge in [-0.1, -0.05) is 26.2 Å². The number of aliphatic carboxylic acids is 1. The molecule has 20 heavy (non-hydrogen) atoms. The molecule has 2 unspecified atom stereocenters. The van der Waals surface area contributed by atoms with E-state index in [-0.39, 0.29) is 6.73 Å². The average molecular weight is 287 g/mol. The smallest absolute Gasteiger partial charge is 0.412 e. The van der Waals surface area contributed by atoms with Gasteiger partial charge in [-0.2, -0.15) is 0 Å². The molecular weight excluding hydrogens is 262 g/mol. The topological polar surface area (TPSA) is 76.1 Å². The number of hydrogen-bond acceptors (Lipinski definition) is 4. The molecule has 6 nitrogen and oxygen atoms in total. The number of unbranched alkanes of at least 4 members (excludes halogenated alkanes) is 2. The Morgan fingerprint density at radius 2 is 2.00 bits per heavy atom. The molecule has 1 fully saturated rings. The first kappa shape index (κ1) is 16.8. The van der Waals surface area contributed by atoms with Crippen molar-refractivity contribution < 1.29 is 24.2 Å². The van der Waals surface area contributed by atoms with Crippen molar-refractivity contribution in [2.75, 3.05) is 6.73 Å². The van der Waals surface area contributed by atoms with Crippen molar-refractivity contribution >= 4 is 12.1 Å². The van der Waals surface area contributed by atoms with Crippen LogP contribution in [-0.2, 0) is 14.3 Å². The van der Waals surface area contributed by atoms with E-state index in [0.29, 0.717) is 6.42 Å². The van der Waals surface area contributed by atoms with E-state index >= 15 is 0 Å². The van der Waals surface area contributed by atoms with Gasteiger partial charge >= 0.3 is 12.1 Å². The molecule has 0 saturated carbocycles.